The number of fused-ring (bicyclic) bond motifs is 1. The molecule has 18 heavy (non-hydrogen) atoms. The predicted octanol–water partition coefficient (Wildman–Crippen LogP) is 1.55. The molecule has 2 N–H and O–H groups in total. The zero-order valence-corrected chi connectivity index (χ0v) is 10.0. The second-order valence-corrected chi connectivity index (χ2v) is 4.95. The fourth-order valence-corrected chi connectivity index (χ4v) is 2.76. The van der Waals surface area contributed by atoms with Crippen LogP contribution in [0.1, 0.15) is 18.4 Å². The van der Waals surface area contributed by atoms with Crippen molar-refractivity contribution in [3.63, 3.8) is 0 Å². The van der Waals surface area contributed by atoms with Crippen LogP contribution in [-0.2, 0) is 5.21 Å². The van der Waals surface area contributed by atoms with Gasteiger partial charge in [0.15, 0.2) is 0 Å². The molecule has 4 radical (unpaired) electrons. The minimum absolute atomic E-state index is 0.0175. The Morgan fingerprint density at radius 3 is 2.89 bits per heavy atom. The lowest BCUT2D eigenvalue weighted by atomic mass is 9.47. The van der Waals surface area contributed by atoms with E-state index in [1.165, 1.54) is 6.07 Å². The number of rotatable bonds is 2. The zero-order valence-electron chi connectivity index (χ0n) is 10.0. The highest BCUT2D eigenvalue weighted by atomic mass is 19.1. The first kappa shape index (κ1) is 11.8. The molecule has 3 rings (SSSR count). The number of H-pyrrole nitrogens is 1. The summed E-state index contributed by atoms with van der Waals surface area (Å²) < 4.78 is 13.9. The Hall–Kier alpha value is -1.22. The van der Waals surface area contributed by atoms with Crippen LogP contribution in [0.15, 0.2) is 24.4 Å². The maximum atomic E-state index is 13.9. The number of nitrogens with one attached hydrogen (secondary N) is 2. The van der Waals surface area contributed by atoms with Crippen LogP contribution in [0.25, 0.3) is 10.9 Å². The van der Waals surface area contributed by atoms with Crippen molar-refractivity contribution in [1.29, 1.82) is 0 Å². The molecule has 1 atom stereocenters. The molecule has 1 aliphatic heterocycles. The van der Waals surface area contributed by atoms with Crippen molar-refractivity contribution in [2.45, 2.75) is 24.1 Å². The molecule has 0 aliphatic carbocycles. The van der Waals surface area contributed by atoms with E-state index in [0.29, 0.717) is 10.9 Å². The second-order valence-electron chi connectivity index (χ2n) is 4.95. The van der Waals surface area contributed by atoms with Crippen molar-refractivity contribution < 1.29 is 4.39 Å². The lowest BCUT2D eigenvalue weighted by molar-refractivity contribution is 0.545. The fraction of sp³-hybridized carbons (Fsp3) is 0.385. The third kappa shape index (κ3) is 1.69. The van der Waals surface area contributed by atoms with Gasteiger partial charge < -0.3 is 10.3 Å². The molecule has 1 fully saturated rings. The SMILES string of the molecule is [B]C([B])(c1c[nH]c2cccc(F)c12)[C@H]1CCCN1. The van der Waals surface area contributed by atoms with Crippen LogP contribution in [-0.4, -0.2) is 33.3 Å². The first-order chi connectivity index (χ1) is 8.60. The standard InChI is InChI=1S/C13H13B2FN2/c14-13(15,11-5-2-6-17-11)8-7-18-10-4-1-3-9(16)12(8)10/h1,3-4,7,11,17-18H,2,5-6H2/t11-/m1/s1. The van der Waals surface area contributed by atoms with E-state index in [2.05, 4.69) is 10.3 Å². The number of hydrogen-bond donors (Lipinski definition) is 2. The highest BCUT2D eigenvalue weighted by Gasteiger charge is 2.34. The second kappa shape index (κ2) is 4.16. The van der Waals surface area contributed by atoms with Gasteiger partial charge in [-0.15, -0.1) is 0 Å². The summed E-state index contributed by atoms with van der Waals surface area (Å²) in [5.74, 6) is -0.290. The van der Waals surface area contributed by atoms with E-state index in [1.807, 2.05) is 6.07 Å². The highest BCUT2D eigenvalue weighted by Crippen LogP contribution is 2.33. The van der Waals surface area contributed by atoms with Crippen LogP contribution in [0.3, 0.4) is 0 Å². The molecule has 0 saturated carbocycles. The van der Waals surface area contributed by atoms with Crippen molar-refractivity contribution in [3.05, 3.63) is 35.8 Å². The third-order valence-electron chi connectivity index (χ3n) is 3.76. The highest BCUT2D eigenvalue weighted by molar-refractivity contribution is 6.41. The molecule has 0 spiro atoms. The smallest absolute Gasteiger partial charge is 0.132 e. The summed E-state index contributed by atoms with van der Waals surface area (Å²) in [5, 5.41) is 2.72. The summed E-state index contributed by atoms with van der Waals surface area (Å²) in [7, 11) is 12.5. The van der Waals surface area contributed by atoms with E-state index < -0.39 is 5.21 Å². The Balaban J connectivity index is 2.13. The Labute approximate surface area is 108 Å². The van der Waals surface area contributed by atoms with Crippen molar-refractivity contribution in [1.82, 2.24) is 10.3 Å². The summed E-state index contributed by atoms with van der Waals surface area (Å²) in [6, 6.07) is 4.90. The van der Waals surface area contributed by atoms with Gasteiger partial charge in [0.2, 0.25) is 0 Å². The van der Waals surface area contributed by atoms with Gasteiger partial charge in [0.25, 0.3) is 0 Å². The van der Waals surface area contributed by atoms with Gasteiger partial charge in [0.05, 0.1) is 15.7 Å². The molecule has 5 heteroatoms. The van der Waals surface area contributed by atoms with Gasteiger partial charge in [-0.2, -0.15) is 0 Å². The molecule has 1 aromatic heterocycles. The average Bonchev–Trinajstić information content (AvgIpc) is 2.99. The van der Waals surface area contributed by atoms with E-state index in [4.69, 9.17) is 15.7 Å². The first-order valence-corrected chi connectivity index (χ1v) is 6.18. The van der Waals surface area contributed by atoms with Crippen LogP contribution in [0, 0.1) is 5.82 Å². The quantitative estimate of drug-likeness (QED) is 0.763. The molecule has 0 amide bonds. The molecule has 1 saturated heterocycles. The van der Waals surface area contributed by atoms with E-state index >= 15 is 0 Å². The molecular formula is C13H13B2FN2. The number of benzene rings is 1. The van der Waals surface area contributed by atoms with Gasteiger partial charge in [-0.05, 0) is 37.1 Å². The van der Waals surface area contributed by atoms with Gasteiger partial charge in [-0.25, -0.2) is 4.39 Å². The average molecular weight is 238 g/mol. The number of aromatic amines is 1. The first-order valence-electron chi connectivity index (χ1n) is 6.18. The molecule has 0 unspecified atom stereocenters. The summed E-state index contributed by atoms with van der Waals surface area (Å²) >= 11 is 0. The van der Waals surface area contributed by atoms with Crippen molar-refractivity contribution in [3.8, 4) is 0 Å². The van der Waals surface area contributed by atoms with Gasteiger partial charge in [0, 0.05) is 23.1 Å². The Morgan fingerprint density at radius 1 is 1.33 bits per heavy atom. The normalized spacial score (nSPS) is 20.6. The van der Waals surface area contributed by atoms with Crippen LogP contribution in [0.2, 0.25) is 0 Å². The molecule has 2 heterocycles. The minimum Gasteiger partial charge on any atom is -0.361 e. The van der Waals surface area contributed by atoms with Crippen molar-refractivity contribution in [2.75, 3.05) is 6.54 Å². The molecule has 1 aromatic carbocycles. The van der Waals surface area contributed by atoms with E-state index in [-0.39, 0.29) is 11.9 Å². The summed E-state index contributed by atoms with van der Waals surface area (Å²) in [6.45, 7) is 0.908. The van der Waals surface area contributed by atoms with E-state index in [0.717, 1.165) is 24.9 Å². The van der Waals surface area contributed by atoms with Crippen molar-refractivity contribution in [2.24, 2.45) is 0 Å². The van der Waals surface area contributed by atoms with Crippen LogP contribution in [0.4, 0.5) is 4.39 Å². The summed E-state index contributed by atoms with van der Waals surface area (Å²) in [5.41, 5.74) is 1.36. The lowest BCUT2D eigenvalue weighted by Gasteiger charge is -2.33. The number of halogens is 1. The Kier molecular flexibility index (Phi) is 2.74. The lowest BCUT2D eigenvalue weighted by Crippen LogP contribution is -2.46. The molecular weight excluding hydrogens is 225 g/mol. The van der Waals surface area contributed by atoms with E-state index in [1.54, 1.807) is 12.3 Å². The largest absolute Gasteiger partial charge is 0.361 e. The topological polar surface area (TPSA) is 27.8 Å². The molecule has 2 nitrogen and oxygen atoms in total. The molecule has 88 valence electrons. The zero-order chi connectivity index (χ0) is 12.8. The number of hydrogen-bond acceptors (Lipinski definition) is 1. The Morgan fingerprint density at radius 2 is 2.17 bits per heavy atom. The van der Waals surface area contributed by atoms with Crippen LogP contribution < -0.4 is 5.32 Å². The predicted molar refractivity (Wildman–Crippen MR) is 72.5 cm³/mol. The third-order valence-corrected chi connectivity index (χ3v) is 3.76. The van der Waals surface area contributed by atoms with Crippen LogP contribution in [0.5, 0.6) is 0 Å². The molecule has 2 aromatic rings. The summed E-state index contributed by atoms with van der Waals surface area (Å²) in [6.07, 6.45) is 3.67. The fourth-order valence-electron chi connectivity index (χ4n) is 2.76. The minimum atomic E-state index is -1.06. The molecule has 1 aliphatic rings. The van der Waals surface area contributed by atoms with E-state index in [9.17, 15) is 4.39 Å². The van der Waals surface area contributed by atoms with Gasteiger partial charge >= 0.3 is 0 Å². The Bertz CT molecular complexity index is 573. The maximum Gasteiger partial charge on any atom is 0.132 e. The number of aromatic nitrogens is 1. The van der Waals surface area contributed by atoms with Crippen LogP contribution >= 0.6 is 0 Å². The van der Waals surface area contributed by atoms with Gasteiger partial charge in [-0.3, -0.25) is 0 Å². The van der Waals surface area contributed by atoms with Gasteiger partial charge in [-0.1, -0.05) is 11.3 Å². The van der Waals surface area contributed by atoms with Gasteiger partial charge in [0.1, 0.15) is 5.82 Å². The van der Waals surface area contributed by atoms with Crippen molar-refractivity contribution >= 4 is 26.6 Å². The molecule has 0 bridgehead atoms. The maximum absolute atomic E-state index is 13.9. The summed E-state index contributed by atoms with van der Waals surface area (Å²) in [4.78, 5) is 3.03. The monoisotopic (exact) mass is 238 g/mol.